The van der Waals surface area contributed by atoms with Gasteiger partial charge in [-0.3, -0.25) is 0 Å². The van der Waals surface area contributed by atoms with Gasteiger partial charge in [-0.25, -0.2) is 0 Å². The van der Waals surface area contributed by atoms with Crippen LogP contribution >= 0.6 is 0 Å². The lowest BCUT2D eigenvalue weighted by atomic mass is 9.67. The van der Waals surface area contributed by atoms with E-state index in [1.54, 1.807) is 7.11 Å². The summed E-state index contributed by atoms with van der Waals surface area (Å²) in [5.41, 5.74) is 0.288. The van der Waals surface area contributed by atoms with E-state index in [9.17, 15) is 5.11 Å². The van der Waals surface area contributed by atoms with Crippen LogP contribution in [0.5, 0.6) is 0 Å². The Morgan fingerprint density at radius 1 is 1.46 bits per heavy atom. The monoisotopic (exact) mass is 186 g/mol. The van der Waals surface area contributed by atoms with Crippen molar-refractivity contribution in [1.29, 1.82) is 0 Å². The summed E-state index contributed by atoms with van der Waals surface area (Å²) in [6.07, 6.45) is 4.67. The largest absolute Gasteiger partial charge is 0.390 e. The number of aliphatic hydroxyl groups excluding tert-OH is 1. The van der Waals surface area contributed by atoms with Crippen molar-refractivity contribution < 1.29 is 9.84 Å². The van der Waals surface area contributed by atoms with E-state index in [4.69, 9.17) is 4.74 Å². The lowest BCUT2D eigenvalue weighted by Gasteiger charge is -2.41. The second-order valence-electron chi connectivity index (χ2n) is 4.86. The predicted molar refractivity (Wildman–Crippen MR) is 53.6 cm³/mol. The molecule has 0 spiro atoms. The molecule has 2 unspecified atom stereocenters. The van der Waals surface area contributed by atoms with Crippen molar-refractivity contribution in [1.82, 2.24) is 0 Å². The molecule has 78 valence electrons. The lowest BCUT2D eigenvalue weighted by molar-refractivity contribution is -0.0357. The minimum Gasteiger partial charge on any atom is -0.390 e. The second-order valence-corrected chi connectivity index (χ2v) is 4.86. The maximum atomic E-state index is 9.88. The molecule has 2 nitrogen and oxygen atoms in total. The first kappa shape index (κ1) is 11.0. The van der Waals surface area contributed by atoms with Crippen LogP contribution in [-0.4, -0.2) is 24.9 Å². The van der Waals surface area contributed by atoms with Crippen molar-refractivity contribution in [3.05, 3.63) is 0 Å². The Balaban J connectivity index is 2.54. The van der Waals surface area contributed by atoms with Crippen molar-refractivity contribution in [2.24, 2.45) is 11.3 Å². The fraction of sp³-hybridized carbons (Fsp3) is 1.00. The van der Waals surface area contributed by atoms with Gasteiger partial charge in [0.1, 0.15) is 0 Å². The van der Waals surface area contributed by atoms with Crippen LogP contribution in [-0.2, 0) is 4.74 Å². The van der Waals surface area contributed by atoms with Crippen molar-refractivity contribution in [3.63, 3.8) is 0 Å². The van der Waals surface area contributed by atoms with Gasteiger partial charge in [0.05, 0.1) is 12.7 Å². The third kappa shape index (κ3) is 2.68. The van der Waals surface area contributed by atoms with E-state index in [1.165, 1.54) is 19.3 Å². The Hall–Kier alpha value is -0.0800. The Labute approximate surface area is 81.3 Å². The SMILES string of the molecule is COCC(O)C1CCCCC1(C)C. The highest BCUT2D eigenvalue weighted by molar-refractivity contribution is 4.86. The topological polar surface area (TPSA) is 29.5 Å². The van der Waals surface area contributed by atoms with E-state index in [1.807, 2.05) is 0 Å². The molecule has 1 rings (SSSR count). The van der Waals surface area contributed by atoms with Gasteiger partial charge in [-0.05, 0) is 24.2 Å². The Morgan fingerprint density at radius 3 is 2.69 bits per heavy atom. The zero-order valence-corrected chi connectivity index (χ0v) is 9.05. The van der Waals surface area contributed by atoms with Crippen LogP contribution in [0.1, 0.15) is 39.5 Å². The van der Waals surface area contributed by atoms with Crippen LogP contribution < -0.4 is 0 Å². The molecule has 1 aliphatic rings. The van der Waals surface area contributed by atoms with Gasteiger partial charge in [0.25, 0.3) is 0 Å². The average Bonchev–Trinajstić information content (AvgIpc) is 2.03. The molecule has 0 aromatic carbocycles. The van der Waals surface area contributed by atoms with Gasteiger partial charge < -0.3 is 9.84 Å². The zero-order valence-electron chi connectivity index (χ0n) is 9.05. The highest BCUT2D eigenvalue weighted by Crippen LogP contribution is 2.42. The summed E-state index contributed by atoms with van der Waals surface area (Å²) in [6.45, 7) is 5.00. The van der Waals surface area contributed by atoms with Crippen LogP contribution in [0.3, 0.4) is 0 Å². The summed E-state index contributed by atoms with van der Waals surface area (Å²) in [5, 5.41) is 9.88. The van der Waals surface area contributed by atoms with E-state index in [2.05, 4.69) is 13.8 Å². The summed E-state index contributed by atoms with van der Waals surface area (Å²) in [7, 11) is 1.65. The first-order valence-corrected chi connectivity index (χ1v) is 5.25. The Morgan fingerprint density at radius 2 is 2.15 bits per heavy atom. The molecule has 0 aromatic rings. The van der Waals surface area contributed by atoms with Crippen LogP contribution in [0.15, 0.2) is 0 Å². The molecule has 2 heteroatoms. The van der Waals surface area contributed by atoms with Gasteiger partial charge in [-0.1, -0.05) is 26.7 Å². The summed E-state index contributed by atoms with van der Waals surface area (Å²) < 4.78 is 5.00. The Bertz CT molecular complexity index is 154. The molecule has 2 atom stereocenters. The summed E-state index contributed by atoms with van der Waals surface area (Å²) in [4.78, 5) is 0. The van der Waals surface area contributed by atoms with E-state index >= 15 is 0 Å². The summed E-state index contributed by atoms with van der Waals surface area (Å²) in [6, 6.07) is 0. The van der Waals surface area contributed by atoms with E-state index in [0.717, 1.165) is 6.42 Å². The molecule has 0 aromatic heterocycles. The van der Waals surface area contributed by atoms with Gasteiger partial charge in [0, 0.05) is 7.11 Å². The minimum atomic E-state index is -0.278. The molecule has 0 amide bonds. The quantitative estimate of drug-likeness (QED) is 0.732. The molecule has 1 aliphatic carbocycles. The van der Waals surface area contributed by atoms with Gasteiger partial charge in [0.2, 0.25) is 0 Å². The molecular weight excluding hydrogens is 164 g/mol. The molecule has 13 heavy (non-hydrogen) atoms. The highest BCUT2D eigenvalue weighted by atomic mass is 16.5. The third-order valence-corrected chi connectivity index (χ3v) is 3.39. The van der Waals surface area contributed by atoms with Crippen molar-refractivity contribution in [2.75, 3.05) is 13.7 Å². The Kier molecular flexibility index (Phi) is 3.74. The second kappa shape index (κ2) is 4.43. The number of aliphatic hydroxyl groups is 1. The standard InChI is InChI=1S/C11H22O2/c1-11(2)7-5-4-6-9(11)10(12)8-13-3/h9-10,12H,4-8H2,1-3H3. The van der Waals surface area contributed by atoms with Gasteiger partial charge in [-0.2, -0.15) is 0 Å². The molecule has 1 N–H and O–H groups in total. The fourth-order valence-electron chi connectivity index (χ4n) is 2.52. The van der Waals surface area contributed by atoms with Crippen molar-refractivity contribution >= 4 is 0 Å². The smallest absolute Gasteiger partial charge is 0.0806 e. The molecule has 0 radical (unpaired) electrons. The molecule has 0 heterocycles. The van der Waals surface area contributed by atoms with Gasteiger partial charge in [-0.15, -0.1) is 0 Å². The third-order valence-electron chi connectivity index (χ3n) is 3.39. The van der Waals surface area contributed by atoms with E-state index in [-0.39, 0.29) is 11.5 Å². The summed E-state index contributed by atoms with van der Waals surface area (Å²) >= 11 is 0. The molecule has 0 aliphatic heterocycles. The molecule has 1 saturated carbocycles. The van der Waals surface area contributed by atoms with Crippen LogP contribution in [0.25, 0.3) is 0 Å². The number of hydrogen-bond donors (Lipinski definition) is 1. The van der Waals surface area contributed by atoms with Gasteiger partial charge >= 0.3 is 0 Å². The number of hydrogen-bond acceptors (Lipinski definition) is 2. The average molecular weight is 186 g/mol. The first-order valence-electron chi connectivity index (χ1n) is 5.25. The lowest BCUT2D eigenvalue weighted by Crippen LogP contribution is -2.38. The number of methoxy groups -OCH3 is 1. The molecule has 0 saturated heterocycles. The highest BCUT2D eigenvalue weighted by Gasteiger charge is 2.36. The maximum absolute atomic E-state index is 9.88. The van der Waals surface area contributed by atoms with Crippen LogP contribution in [0, 0.1) is 11.3 Å². The normalized spacial score (nSPS) is 30.0. The summed E-state index contributed by atoms with van der Waals surface area (Å²) in [5.74, 6) is 0.418. The maximum Gasteiger partial charge on any atom is 0.0806 e. The van der Waals surface area contributed by atoms with E-state index in [0.29, 0.717) is 12.5 Å². The molecular formula is C11H22O2. The minimum absolute atomic E-state index is 0.278. The van der Waals surface area contributed by atoms with Crippen LogP contribution in [0.2, 0.25) is 0 Å². The number of rotatable bonds is 3. The fourth-order valence-corrected chi connectivity index (χ4v) is 2.52. The van der Waals surface area contributed by atoms with E-state index < -0.39 is 0 Å². The predicted octanol–water partition coefficient (Wildman–Crippen LogP) is 2.21. The molecule has 0 bridgehead atoms. The van der Waals surface area contributed by atoms with Crippen LogP contribution in [0.4, 0.5) is 0 Å². The zero-order chi connectivity index (χ0) is 9.90. The first-order chi connectivity index (χ1) is 6.08. The number of ether oxygens (including phenoxy) is 1. The van der Waals surface area contributed by atoms with Gasteiger partial charge in [0.15, 0.2) is 0 Å². The molecule has 1 fully saturated rings. The van der Waals surface area contributed by atoms with Crippen molar-refractivity contribution in [3.8, 4) is 0 Å². The van der Waals surface area contributed by atoms with Crippen molar-refractivity contribution in [2.45, 2.75) is 45.6 Å².